The Bertz CT molecular complexity index is 1110. The predicted octanol–water partition coefficient (Wildman–Crippen LogP) is 4.14. The Labute approximate surface area is 195 Å². The largest absolute Gasteiger partial charge is 0.490 e. The first-order valence-corrected chi connectivity index (χ1v) is 11.3. The molecular weight excluding hydrogens is 448 g/mol. The highest BCUT2D eigenvalue weighted by Gasteiger charge is 2.20. The molecule has 0 bridgehead atoms. The van der Waals surface area contributed by atoms with Crippen molar-refractivity contribution >= 4 is 17.7 Å². The monoisotopic (exact) mass is 472 g/mol. The quantitative estimate of drug-likeness (QED) is 0.229. The van der Waals surface area contributed by atoms with Gasteiger partial charge in [0.1, 0.15) is 12.0 Å². The van der Waals surface area contributed by atoms with E-state index in [1.54, 1.807) is 18.5 Å². The second kappa shape index (κ2) is 11.9. The second-order valence-corrected chi connectivity index (χ2v) is 7.33. The molecule has 0 saturated carbocycles. The van der Waals surface area contributed by atoms with Crippen molar-refractivity contribution < 1.29 is 28.2 Å². The van der Waals surface area contributed by atoms with Gasteiger partial charge < -0.3 is 23.4 Å². The third-order valence-electron chi connectivity index (χ3n) is 4.09. The summed E-state index contributed by atoms with van der Waals surface area (Å²) in [6, 6.07) is 5.97. The number of rotatable bonds is 11. The van der Waals surface area contributed by atoms with Gasteiger partial charge in [-0.1, -0.05) is 11.8 Å². The van der Waals surface area contributed by atoms with Gasteiger partial charge in [0.25, 0.3) is 0 Å². The van der Waals surface area contributed by atoms with Crippen LogP contribution >= 0.6 is 11.8 Å². The molecule has 3 aromatic rings. The Morgan fingerprint density at radius 3 is 2.15 bits per heavy atom. The molecule has 0 saturated heterocycles. The number of benzene rings is 1. The molecule has 0 aliphatic carbocycles. The van der Waals surface area contributed by atoms with Gasteiger partial charge in [0.2, 0.25) is 16.9 Å². The van der Waals surface area contributed by atoms with E-state index in [-0.39, 0.29) is 11.3 Å². The summed E-state index contributed by atoms with van der Waals surface area (Å²) in [5.74, 6) is 0.861. The number of esters is 1. The number of aromatic nitrogens is 2. The van der Waals surface area contributed by atoms with Crippen LogP contribution in [0, 0.1) is 0 Å². The molecule has 3 rings (SSSR count). The van der Waals surface area contributed by atoms with Gasteiger partial charge in [-0.3, -0.25) is 4.79 Å². The van der Waals surface area contributed by atoms with Crippen molar-refractivity contribution in [2.45, 2.75) is 31.7 Å². The van der Waals surface area contributed by atoms with Crippen molar-refractivity contribution in [1.82, 2.24) is 9.97 Å². The molecular formula is C23H24N2O7S. The molecule has 33 heavy (non-hydrogen) atoms. The predicted molar refractivity (Wildman–Crippen MR) is 121 cm³/mol. The van der Waals surface area contributed by atoms with Crippen molar-refractivity contribution in [3.63, 3.8) is 0 Å². The van der Waals surface area contributed by atoms with E-state index < -0.39 is 11.4 Å². The zero-order valence-electron chi connectivity index (χ0n) is 18.5. The summed E-state index contributed by atoms with van der Waals surface area (Å²) < 4.78 is 27.6. The van der Waals surface area contributed by atoms with Crippen LogP contribution in [0.1, 0.15) is 36.9 Å². The van der Waals surface area contributed by atoms with Crippen molar-refractivity contribution in [2.75, 3.05) is 19.8 Å². The van der Waals surface area contributed by atoms with Crippen LogP contribution in [-0.4, -0.2) is 35.8 Å². The number of hydrogen-bond acceptors (Lipinski definition) is 10. The molecule has 0 fully saturated rings. The average Bonchev–Trinajstić information content (AvgIpc) is 2.82. The molecule has 0 radical (unpaired) electrons. The summed E-state index contributed by atoms with van der Waals surface area (Å²) in [5, 5.41) is 0.557. The van der Waals surface area contributed by atoms with Gasteiger partial charge in [0.05, 0.1) is 31.1 Å². The normalized spacial score (nSPS) is 10.5. The zero-order chi connectivity index (χ0) is 23.6. The molecule has 1 aromatic carbocycles. The van der Waals surface area contributed by atoms with Crippen LogP contribution in [0.25, 0.3) is 0 Å². The number of carbonyl (C=O) groups excluding carboxylic acids is 1. The molecule has 0 atom stereocenters. The molecule has 0 aliphatic rings. The summed E-state index contributed by atoms with van der Waals surface area (Å²) in [6.07, 6.45) is 4.37. The van der Waals surface area contributed by atoms with Crippen LogP contribution in [-0.2, 0) is 5.75 Å². The van der Waals surface area contributed by atoms with E-state index in [0.717, 1.165) is 6.26 Å². The minimum atomic E-state index is -0.757. The molecule has 2 heterocycles. The number of thioether (sulfide) groups is 1. The molecule has 0 aliphatic heterocycles. The van der Waals surface area contributed by atoms with Gasteiger partial charge in [-0.2, -0.15) is 0 Å². The van der Waals surface area contributed by atoms with E-state index >= 15 is 0 Å². The lowest BCUT2D eigenvalue weighted by atomic mass is 10.2. The molecule has 0 N–H and O–H groups in total. The van der Waals surface area contributed by atoms with E-state index in [1.165, 1.54) is 30.0 Å². The van der Waals surface area contributed by atoms with E-state index in [0.29, 0.717) is 53.7 Å². The standard InChI is InChI=1S/C23H24N2O7S/c1-4-28-18-10-15(11-19(29-5-2)21(18)30-6-3)22(27)32-20-13-31-16(12-17(20)26)14-33-23-24-8-7-9-25-23/h7-13H,4-6,14H2,1-3H3. The van der Waals surface area contributed by atoms with Crippen molar-refractivity contribution in [3.8, 4) is 23.0 Å². The van der Waals surface area contributed by atoms with Crippen molar-refractivity contribution in [2.24, 2.45) is 0 Å². The first-order valence-electron chi connectivity index (χ1n) is 10.4. The Morgan fingerprint density at radius 1 is 0.939 bits per heavy atom. The van der Waals surface area contributed by atoms with Crippen molar-refractivity contribution in [1.29, 1.82) is 0 Å². The van der Waals surface area contributed by atoms with Gasteiger partial charge in [-0.15, -0.1) is 0 Å². The molecule has 9 nitrogen and oxygen atoms in total. The Balaban J connectivity index is 1.78. The number of carbonyl (C=O) groups is 1. The molecule has 174 valence electrons. The van der Waals surface area contributed by atoms with Gasteiger partial charge in [-0.25, -0.2) is 14.8 Å². The van der Waals surface area contributed by atoms with E-state index in [1.807, 2.05) is 20.8 Å². The highest BCUT2D eigenvalue weighted by atomic mass is 32.2. The van der Waals surface area contributed by atoms with Gasteiger partial charge in [-0.05, 0) is 39.0 Å². The molecule has 2 aromatic heterocycles. The lowest BCUT2D eigenvalue weighted by molar-refractivity contribution is 0.0727. The number of nitrogens with zero attached hydrogens (tertiary/aromatic N) is 2. The molecule has 0 unspecified atom stereocenters. The average molecular weight is 473 g/mol. The smallest absolute Gasteiger partial charge is 0.344 e. The lowest BCUT2D eigenvalue weighted by Gasteiger charge is -2.16. The SMILES string of the molecule is CCOc1cc(C(=O)Oc2coc(CSc3ncccn3)cc2=O)cc(OCC)c1OCC. The van der Waals surface area contributed by atoms with E-state index in [4.69, 9.17) is 23.4 Å². The highest BCUT2D eigenvalue weighted by Crippen LogP contribution is 2.39. The number of hydrogen-bond donors (Lipinski definition) is 0. The third-order valence-corrected chi connectivity index (χ3v) is 4.98. The van der Waals surface area contributed by atoms with Crippen molar-refractivity contribution in [3.05, 3.63) is 64.5 Å². The minimum Gasteiger partial charge on any atom is -0.490 e. The first-order chi connectivity index (χ1) is 16.0. The maximum Gasteiger partial charge on any atom is 0.344 e. The Kier molecular flexibility index (Phi) is 8.71. The highest BCUT2D eigenvalue weighted by molar-refractivity contribution is 7.98. The van der Waals surface area contributed by atoms with Crippen LogP contribution in [0.4, 0.5) is 0 Å². The summed E-state index contributed by atoms with van der Waals surface area (Å²) >= 11 is 1.31. The van der Waals surface area contributed by atoms with Crippen LogP contribution in [0.2, 0.25) is 0 Å². The fourth-order valence-electron chi connectivity index (χ4n) is 2.75. The van der Waals surface area contributed by atoms with Crippen LogP contribution < -0.4 is 24.4 Å². The first kappa shape index (κ1) is 24.1. The fourth-order valence-corrected chi connectivity index (χ4v) is 3.44. The molecule has 0 amide bonds. The van der Waals surface area contributed by atoms with Crippen LogP contribution in [0.5, 0.6) is 23.0 Å². The summed E-state index contributed by atoms with van der Waals surface area (Å²) in [4.78, 5) is 33.4. The fraction of sp³-hybridized carbons (Fsp3) is 0.304. The molecule has 0 spiro atoms. The van der Waals surface area contributed by atoms with Gasteiger partial charge in [0.15, 0.2) is 16.7 Å². The topological polar surface area (TPSA) is 110 Å². The third kappa shape index (κ3) is 6.48. The van der Waals surface area contributed by atoms with E-state index in [2.05, 4.69) is 9.97 Å². The van der Waals surface area contributed by atoms with Gasteiger partial charge >= 0.3 is 5.97 Å². The summed E-state index contributed by atoms with van der Waals surface area (Å²) in [5.41, 5.74) is -0.342. The Hall–Kier alpha value is -3.53. The summed E-state index contributed by atoms with van der Waals surface area (Å²) in [6.45, 7) is 6.59. The van der Waals surface area contributed by atoms with Crippen LogP contribution in [0.15, 0.2) is 57.3 Å². The van der Waals surface area contributed by atoms with Gasteiger partial charge in [0, 0.05) is 18.5 Å². The minimum absolute atomic E-state index is 0.144. The maximum absolute atomic E-state index is 12.8. The number of ether oxygens (including phenoxy) is 4. The lowest BCUT2D eigenvalue weighted by Crippen LogP contribution is -2.15. The molecule has 10 heteroatoms. The summed E-state index contributed by atoms with van der Waals surface area (Å²) in [7, 11) is 0. The maximum atomic E-state index is 12.8. The Morgan fingerprint density at radius 2 is 1.58 bits per heavy atom. The van der Waals surface area contributed by atoms with E-state index in [9.17, 15) is 9.59 Å². The zero-order valence-corrected chi connectivity index (χ0v) is 19.3. The van der Waals surface area contributed by atoms with Crippen LogP contribution in [0.3, 0.4) is 0 Å². The second-order valence-electron chi connectivity index (χ2n) is 6.39.